The minimum Gasteiger partial charge on any atom is -0.504 e. The van der Waals surface area contributed by atoms with Crippen LogP contribution in [0.4, 0.5) is 0 Å². The van der Waals surface area contributed by atoms with Gasteiger partial charge in [-0.15, -0.1) is 0 Å². The van der Waals surface area contributed by atoms with Crippen LogP contribution < -0.4 is 18.9 Å². The van der Waals surface area contributed by atoms with Gasteiger partial charge in [0.05, 0.1) is 28.4 Å². The summed E-state index contributed by atoms with van der Waals surface area (Å²) in [6.07, 6.45) is 1.54. The molecule has 0 saturated heterocycles. The van der Waals surface area contributed by atoms with Gasteiger partial charge in [0.25, 0.3) is 0 Å². The zero-order valence-electron chi connectivity index (χ0n) is 19.8. The van der Waals surface area contributed by atoms with Crippen molar-refractivity contribution < 1.29 is 29.2 Å². The third kappa shape index (κ3) is 3.56. The van der Waals surface area contributed by atoms with E-state index in [-0.39, 0.29) is 17.5 Å². The van der Waals surface area contributed by atoms with Crippen LogP contribution in [0.2, 0.25) is 0 Å². The highest BCUT2D eigenvalue weighted by Gasteiger charge is 2.37. The third-order valence-electron chi connectivity index (χ3n) is 6.94. The molecule has 3 aromatic carbocycles. The van der Waals surface area contributed by atoms with E-state index >= 15 is 0 Å². The lowest BCUT2D eigenvalue weighted by atomic mass is 9.76. The predicted molar refractivity (Wildman–Crippen MR) is 128 cm³/mol. The molecule has 0 spiro atoms. The zero-order valence-corrected chi connectivity index (χ0v) is 19.8. The van der Waals surface area contributed by atoms with Crippen molar-refractivity contribution in [3.8, 4) is 45.6 Å². The summed E-state index contributed by atoms with van der Waals surface area (Å²) < 4.78 is 21.8. The van der Waals surface area contributed by atoms with Crippen molar-refractivity contribution in [2.24, 2.45) is 0 Å². The summed E-state index contributed by atoms with van der Waals surface area (Å²) in [5.41, 5.74) is 5.95. The molecule has 1 unspecified atom stereocenters. The second kappa shape index (κ2) is 8.65. The summed E-state index contributed by atoms with van der Waals surface area (Å²) in [6, 6.07) is 11.5. The van der Waals surface area contributed by atoms with Crippen LogP contribution in [0.3, 0.4) is 0 Å². The summed E-state index contributed by atoms with van der Waals surface area (Å²) in [5.74, 6) is 2.54. The lowest BCUT2D eigenvalue weighted by Crippen LogP contribution is -2.38. The molecule has 0 radical (unpaired) electrons. The molecule has 2 N–H and O–H groups in total. The van der Waals surface area contributed by atoms with Gasteiger partial charge in [0.1, 0.15) is 11.5 Å². The summed E-state index contributed by atoms with van der Waals surface area (Å²) in [7, 11) is 6.39. The first-order valence-corrected chi connectivity index (χ1v) is 11.3. The fourth-order valence-corrected chi connectivity index (χ4v) is 5.33. The molecule has 2 aliphatic rings. The SMILES string of the molecule is COc1cc(CN2CCc3cc(OC)c(O)c4c3C2Cc2cc(O)c(OC)cc2-4)cc(OC)c1. The van der Waals surface area contributed by atoms with Crippen molar-refractivity contribution in [1.29, 1.82) is 0 Å². The normalized spacial score (nSPS) is 16.4. The third-order valence-corrected chi connectivity index (χ3v) is 6.94. The van der Waals surface area contributed by atoms with Crippen LogP contribution in [0, 0.1) is 0 Å². The second-order valence-electron chi connectivity index (χ2n) is 8.72. The molecule has 178 valence electrons. The van der Waals surface area contributed by atoms with E-state index in [1.165, 1.54) is 12.7 Å². The van der Waals surface area contributed by atoms with Gasteiger partial charge in [-0.05, 0) is 71.0 Å². The summed E-state index contributed by atoms with van der Waals surface area (Å²) in [5, 5.41) is 21.7. The number of rotatable bonds is 6. The Labute approximate surface area is 199 Å². The molecule has 34 heavy (non-hydrogen) atoms. The smallest absolute Gasteiger partial charge is 0.166 e. The fourth-order valence-electron chi connectivity index (χ4n) is 5.33. The van der Waals surface area contributed by atoms with Crippen LogP contribution in [-0.2, 0) is 19.4 Å². The molecule has 0 aromatic heterocycles. The quantitative estimate of drug-likeness (QED) is 0.559. The van der Waals surface area contributed by atoms with Gasteiger partial charge >= 0.3 is 0 Å². The molecule has 1 heterocycles. The van der Waals surface area contributed by atoms with E-state index in [1.54, 1.807) is 27.4 Å². The van der Waals surface area contributed by atoms with Crippen molar-refractivity contribution in [3.63, 3.8) is 0 Å². The standard InChI is InChI=1S/C27H29NO6/c1-31-18-7-15(8-19(12-18)32-2)14-28-6-5-16-11-24(34-4)27(30)26-20-13-23(33-3)22(29)10-17(20)9-21(28)25(16)26/h7-8,10-13,21,29-30H,5-6,9,14H2,1-4H3. The number of benzene rings is 3. The molecular weight excluding hydrogens is 434 g/mol. The van der Waals surface area contributed by atoms with Gasteiger partial charge in [-0.2, -0.15) is 0 Å². The lowest BCUT2D eigenvalue weighted by Gasteiger charge is -2.42. The first-order chi connectivity index (χ1) is 16.5. The molecule has 3 aromatic rings. The summed E-state index contributed by atoms with van der Waals surface area (Å²) in [6.45, 7) is 1.55. The van der Waals surface area contributed by atoms with E-state index in [9.17, 15) is 10.2 Å². The van der Waals surface area contributed by atoms with Crippen LogP contribution in [0.15, 0.2) is 36.4 Å². The number of ether oxygens (including phenoxy) is 4. The van der Waals surface area contributed by atoms with Gasteiger partial charge in [0.2, 0.25) is 0 Å². The van der Waals surface area contributed by atoms with Crippen molar-refractivity contribution in [2.75, 3.05) is 35.0 Å². The minimum absolute atomic E-state index is 0.0352. The van der Waals surface area contributed by atoms with Crippen molar-refractivity contribution in [3.05, 3.63) is 58.7 Å². The summed E-state index contributed by atoms with van der Waals surface area (Å²) >= 11 is 0. The molecule has 0 bridgehead atoms. The Morgan fingerprint density at radius 1 is 0.824 bits per heavy atom. The maximum Gasteiger partial charge on any atom is 0.166 e. The second-order valence-corrected chi connectivity index (χ2v) is 8.72. The molecule has 0 amide bonds. The highest BCUT2D eigenvalue weighted by molar-refractivity contribution is 5.84. The Bertz CT molecular complexity index is 1230. The molecule has 1 atom stereocenters. The van der Waals surface area contributed by atoms with Gasteiger partial charge < -0.3 is 29.2 Å². The monoisotopic (exact) mass is 463 g/mol. The molecular formula is C27H29NO6. The molecule has 0 fully saturated rings. The van der Waals surface area contributed by atoms with E-state index in [0.29, 0.717) is 24.5 Å². The Morgan fingerprint density at radius 2 is 1.53 bits per heavy atom. The predicted octanol–water partition coefficient (Wildman–Crippen LogP) is 4.45. The van der Waals surface area contributed by atoms with Crippen LogP contribution in [0.25, 0.3) is 11.1 Å². The number of fused-ring (bicyclic) bond motifs is 2. The Morgan fingerprint density at radius 3 is 2.18 bits per heavy atom. The highest BCUT2D eigenvalue weighted by Crippen LogP contribution is 2.54. The number of methoxy groups -OCH3 is 4. The van der Waals surface area contributed by atoms with Gasteiger partial charge in [0, 0.05) is 30.8 Å². The Kier molecular flexibility index (Phi) is 5.65. The summed E-state index contributed by atoms with van der Waals surface area (Å²) in [4.78, 5) is 2.41. The molecule has 5 rings (SSSR count). The van der Waals surface area contributed by atoms with E-state index in [1.807, 2.05) is 30.3 Å². The molecule has 0 saturated carbocycles. The van der Waals surface area contributed by atoms with Crippen LogP contribution in [-0.4, -0.2) is 50.1 Å². The van der Waals surface area contributed by atoms with Gasteiger partial charge in [0.15, 0.2) is 23.0 Å². The maximum absolute atomic E-state index is 11.2. The van der Waals surface area contributed by atoms with E-state index < -0.39 is 0 Å². The number of aromatic hydroxyl groups is 2. The maximum atomic E-state index is 11.2. The Hall–Kier alpha value is -3.58. The number of phenolic OH excluding ortho intramolecular Hbond substituents is 2. The van der Waals surface area contributed by atoms with Gasteiger partial charge in [-0.25, -0.2) is 0 Å². The first-order valence-electron chi connectivity index (χ1n) is 11.3. The van der Waals surface area contributed by atoms with E-state index in [0.717, 1.165) is 52.3 Å². The fraction of sp³-hybridized carbons (Fsp3) is 0.333. The largest absolute Gasteiger partial charge is 0.504 e. The number of hydrogen-bond acceptors (Lipinski definition) is 7. The molecule has 7 nitrogen and oxygen atoms in total. The van der Waals surface area contributed by atoms with Crippen molar-refractivity contribution in [2.45, 2.75) is 25.4 Å². The van der Waals surface area contributed by atoms with Crippen LogP contribution in [0.1, 0.15) is 28.3 Å². The molecule has 7 heteroatoms. The average molecular weight is 464 g/mol. The van der Waals surface area contributed by atoms with Gasteiger partial charge in [-0.3, -0.25) is 4.90 Å². The minimum atomic E-state index is 0.0352. The van der Waals surface area contributed by atoms with E-state index in [4.69, 9.17) is 18.9 Å². The zero-order chi connectivity index (χ0) is 24.0. The molecule has 1 aliphatic heterocycles. The van der Waals surface area contributed by atoms with Crippen LogP contribution in [0.5, 0.6) is 34.5 Å². The van der Waals surface area contributed by atoms with Crippen molar-refractivity contribution in [1.82, 2.24) is 4.90 Å². The number of nitrogens with zero attached hydrogens (tertiary/aromatic N) is 1. The van der Waals surface area contributed by atoms with E-state index in [2.05, 4.69) is 4.90 Å². The topological polar surface area (TPSA) is 80.6 Å². The first kappa shape index (κ1) is 22.2. The van der Waals surface area contributed by atoms with Crippen molar-refractivity contribution >= 4 is 0 Å². The number of phenols is 2. The van der Waals surface area contributed by atoms with Crippen LogP contribution >= 0.6 is 0 Å². The highest BCUT2D eigenvalue weighted by atomic mass is 16.5. The molecule has 1 aliphatic carbocycles. The lowest BCUT2D eigenvalue weighted by molar-refractivity contribution is 0.172. The van der Waals surface area contributed by atoms with Gasteiger partial charge in [-0.1, -0.05) is 0 Å². The average Bonchev–Trinajstić information content (AvgIpc) is 2.85. The number of hydrogen-bond donors (Lipinski definition) is 2. The Balaban J connectivity index is 1.63.